The van der Waals surface area contributed by atoms with E-state index in [1.807, 2.05) is 4.90 Å². The topological polar surface area (TPSA) is 117 Å². The van der Waals surface area contributed by atoms with Crippen molar-refractivity contribution in [3.05, 3.63) is 48.0 Å². The van der Waals surface area contributed by atoms with E-state index in [-0.39, 0.29) is 42.2 Å². The van der Waals surface area contributed by atoms with Gasteiger partial charge in [-0.3, -0.25) is 9.69 Å². The highest BCUT2D eigenvalue weighted by molar-refractivity contribution is 7.90. The number of nitrogens with zero attached hydrogens (tertiary/aromatic N) is 1. The van der Waals surface area contributed by atoms with E-state index in [1.54, 1.807) is 0 Å². The Balaban J connectivity index is 1.18. The van der Waals surface area contributed by atoms with Crippen molar-refractivity contribution < 1.29 is 36.6 Å². The number of aliphatic hydroxyl groups excluding tert-OH is 1. The zero-order valence-corrected chi connectivity index (χ0v) is 20.6. The molecule has 2 aromatic carbocycles. The number of amides is 1. The molecule has 0 aliphatic carbocycles. The molecular weight excluding hydrogens is 496 g/mol. The number of anilines is 1. The largest absolute Gasteiger partial charge is 0.486 e. The molecule has 4 rings (SSSR count). The van der Waals surface area contributed by atoms with Gasteiger partial charge in [-0.25, -0.2) is 17.2 Å². The van der Waals surface area contributed by atoms with E-state index in [0.29, 0.717) is 24.6 Å². The van der Waals surface area contributed by atoms with Gasteiger partial charge in [0.1, 0.15) is 24.3 Å². The molecule has 0 aromatic heterocycles. The molecule has 2 aliphatic rings. The smallest absolute Gasteiger partial charge is 0.238 e. The summed E-state index contributed by atoms with van der Waals surface area (Å²) in [7, 11) is -3.36. The number of aliphatic hydroxyl groups is 1. The molecule has 2 heterocycles. The van der Waals surface area contributed by atoms with E-state index in [0.717, 1.165) is 37.3 Å². The number of rotatable bonds is 8. The molecule has 1 saturated heterocycles. The molecule has 2 atom stereocenters. The summed E-state index contributed by atoms with van der Waals surface area (Å²) in [5.41, 5.74) is 0.0791. The fourth-order valence-electron chi connectivity index (χ4n) is 4.23. The van der Waals surface area contributed by atoms with Crippen molar-refractivity contribution in [2.24, 2.45) is 0 Å². The molecule has 1 amide bonds. The fraction of sp³-hybridized carbons (Fsp3) is 0.458. The Bertz CT molecular complexity index is 1180. The molecule has 36 heavy (non-hydrogen) atoms. The molecule has 3 N–H and O–H groups in total. The van der Waals surface area contributed by atoms with E-state index in [9.17, 15) is 27.1 Å². The molecule has 2 aromatic rings. The number of benzene rings is 2. The Kier molecular flexibility index (Phi) is 8.08. The summed E-state index contributed by atoms with van der Waals surface area (Å²) in [5.74, 6) is -1.15. The van der Waals surface area contributed by atoms with Crippen LogP contribution in [-0.2, 0) is 14.6 Å². The first-order valence-corrected chi connectivity index (χ1v) is 13.5. The Morgan fingerprint density at radius 1 is 1.14 bits per heavy atom. The van der Waals surface area contributed by atoms with E-state index in [4.69, 9.17) is 9.47 Å². The van der Waals surface area contributed by atoms with Crippen molar-refractivity contribution in [2.75, 3.05) is 44.4 Å². The summed E-state index contributed by atoms with van der Waals surface area (Å²) in [6.07, 6.45) is 1.18. The molecule has 196 valence electrons. The maximum absolute atomic E-state index is 13.3. The lowest BCUT2D eigenvalue weighted by molar-refractivity contribution is -0.117. The van der Waals surface area contributed by atoms with Crippen LogP contribution in [-0.4, -0.2) is 81.6 Å². The summed E-state index contributed by atoms with van der Waals surface area (Å²) in [5, 5.41) is 16.4. The van der Waals surface area contributed by atoms with Crippen molar-refractivity contribution in [2.45, 2.75) is 36.0 Å². The van der Waals surface area contributed by atoms with Crippen LogP contribution in [0, 0.1) is 11.6 Å². The highest BCUT2D eigenvalue weighted by Gasteiger charge is 2.29. The zero-order valence-electron chi connectivity index (χ0n) is 19.7. The first-order chi connectivity index (χ1) is 17.1. The number of nitrogens with one attached hydrogen (secondary N) is 2. The lowest BCUT2D eigenvalue weighted by Gasteiger charge is -2.34. The second-order valence-electron chi connectivity index (χ2n) is 9.08. The maximum atomic E-state index is 13.3. The van der Waals surface area contributed by atoms with Crippen LogP contribution in [0.5, 0.6) is 11.5 Å². The third-order valence-corrected chi connectivity index (χ3v) is 7.28. The summed E-state index contributed by atoms with van der Waals surface area (Å²) in [6.45, 7) is 1.78. The Hall–Kier alpha value is -2.80. The molecule has 0 spiro atoms. The van der Waals surface area contributed by atoms with Crippen LogP contribution in [0.2, 0.25) is 0 Å². The molecule has 12 heteroatoms. The third-order valence-electron chi connectivity index (χ3n) is 6.17. The Morgan fingerprint density at radius 2 is 1.83 bits per heavy atom. The lowest BCUT2D eigenvalue weighted by atomic mass is 10.0. The predicted molar refractivity (Wildman–Crippen MR) is 128 cm³/mol. The van der Waals surface area contributed by atoms with E-state index in [1.165, 1.54) is 18.2 Å². The SMILES string of the molecule is CS(=O)(=O)c1ccc2c(c1)OCC(C(O)CNC1CCN(CC(=O)Nc3cc(F)cc(F)c3)CC1)O2. The van der Waals surface area contributed by atoms with Gasteiger partial charge < -0.3 is 25.2 Å². The van der Waals surface area contributed by atoms with Crippen molar-refractivity contribution >= 4 is 21.4 Å². The molecule has 2 unspecified atom stereocenters. The number of carbonyl (C=O) groups is 1. The molecule has 0 radical (unpaired) electrons. The Morgan fingerprint density at radius 3 is 2.50 bits per heavy atom. The minimum Gasteiger partial charge on any atom is -0.486 e. The number of ether oxygens (including phenoxy) is 2. The highest BCUT2D eigenvalue weighted by atomic mass is 32.2. The first kappa shape index (κ1) is 26.3. The second kappa shape index (κ2) is 11.1. The van der Waals surface area contributed by atoms with Gasteiger partial charge >= 0.3 is 0 Å². The number of carbonyl (C=O) groups excluding carboxylic acids is 1. The zero-order chi connectivity index (χ0) is 25.9. The number of sulfone groups is 1. The predicted octanol–water partition coefficient (Wildman–Crippen LogP) is 1.56. The lowest BCUT2D eigenvalue weighted by Crippen LogP contribution is -2.50. The van der Waals surface area contributed by atoms with E-state index in [2.05, 4.69) is 10.6 Å². The van der Waals surface area contributed by atoms with Crippen molar-refractivity contribution in [3.8, 4) is 11.5 Å². The summed E-state index contributed by atoms with van der Waals surface area (Å²) < 4.78 is 61.4. The van der Waals surface area contributed by atoms with Gasteiger partial charge in [-0.2, -0.15) is 0 Å². The number of halogens is 2. The van der Waals surface area contributed by atoms with Gasteiger partial charge in [0.05, 0.1) is 11.4 Å². The number of hydrogen-bond donors (Lipinski definition) is 3. The second-order valence-corrected chi connectivity index (χ2v) is 11.1. The molecule has 0 saturated carbocycles. The fourth-order valence-corrected chi connectivity index (χ4v) is 4.87. The van der Waals surface area contributed by atoms with Gasteiger partial charge in [-0.15, -0.1) is 0 Å². The molecule has 2 aliphatic heterocycles. The van der Waals surface area contributed by atoms with E-state index < -0.39 is 33.7 Å². The molecule has 0 bridgehead atoms. The molecule has 1 fully saturated rings. The minimum atomic E-state index is -3.36. The standard InChI is InChI=1S/C24H29F2N3O6S/c1-36(32,33)19-2-3-21-22(11-19)34-14-23(35-21)20(30)12-27-17-4-6-29(7-5-17)13-24(31)28-18-9-15(25)8-16(26)10-18/h2-3,8-11,17,20,23,27,30H,4-7,12-14H2,1H3,(H,28,31). The van der Waals surface area contributed by atoms with Gasteiger partial charge in [-0.1, -0.05) is 0 Å². The van der Waals surface area contributed by atoms with E-state index >= 15 is 0 Å². The average Bonchev–Trinajstić information content (AvgIpc) is 2.81. The van der Waals surface area contributed by atoms with Gasteiger partial charge in [0.2, 0.25) is 5.91 Å². The third kappa shape index (κ3) is 6.90. The average molecular weight is 526 g/mol. The minimum absolute atomic E-state index is 0.0791. The van der Waals surface area contributed by atoms with Gasteiger partial charge in [0.15, 0.2) is 27.4 Å². The van der Waals surface area contributed by atoms with Crippen molar-refractivity contribution in [1.82, 2.24) is 10.2 Å². The van der Waals surface area contributed by atoms with Crippen LogP contribution in [0.1, 0.15) is 12.8 Å². The number of likely N-dealkylation sites (tertiary alicyclic amines) is 1. The molecule has 9 nitrogen and oxygen atoms in total. The summed E-state index contributed by atoms with van der Waals surface area (Å²) in [6, 6.07) is 7.39. The van der Waals surface area contributed by atoms with Gasteiger partial charge in [0, 0.05) is 49.8 Å². The first-order valence-electron chi connectivity index (χ1n) is 11.6. The normalized spacial score (nSPS) is 19.6. The van der Waals surface area contributed by atoms with Crippen molar-refractivity contribution in [3.63, 3.8) is 0 Å². The number of piperidine rings is 1. The number of fused-ring (bicyclic) bond motifs is 1. The highest BCUT2D eigenvalue weighted by Crippen LogP contribution is 2.34. The van der Waals surface area contributed by atoms with Crippen LogP contribution in [0.25, 0.3) is 0 Å². The quantitative estimate of drug-likeness (QED) is 0.476. The summed E-state index contributed by atoms with van der Waals surface area (Å²) >= 11 is 0. The van der Waals surface area contributed by atoms with Gasteiger partial charge in [-0.05, 0) is 37.1 Å². The van der Waals surface area contributed by atoms with Crippen LogP contribution in [0.15, 0.2) is 41.3 Å². The van der Waals surface area contributed by atoms with Crippen molar-refractivity contribution in [1.29, 1.82) is 0 Å². The monoisotopic (exact) mass is 525 g/mol. The Labute approximate surface area is 208 Å². The van der Waals surface area contributed by atoms with Gasteiger partial charge in [0.25, 0.3) is 0 Å². The van der Waals surface area contributed by atoms with Crippen LogP contribution in [0.4, 0.5) is 14.5 Å². The maximum Gasteiger partial charge on any atom is 0.238 e. The number of hydrogen-bond acceptors (Lipinski definition) is 8. The molecular formula is C24H29F2N3O6S. The summed E-state index contributed by atoms with van der Waals surface area (Å²) in [4.78, 5) is 14.3. The van der Waals surface area contributed by atoms with Crippen LogP contribution in [0.3, 0.4) is 0 Å². The van der Waals surface area contributed by atoms with Crippen LogP contribution >= 0.6 is 0 Å². The van der Waals surface area contributed by atoms with Crippen LogP contribution < -0.4 is 20.1 Å².